The molecule has 9 heteroatoms. The van der Waals surface area contributed by atoms with Gasteiger partial charge in [0.25, 0.3) is 0 Å². The zero-order valence-electron chi connectivity index (χ0n) is 16.7. The van der Waals surface area contributed by atoms with Crippen LogP contribution < -0.4 is 16.4 Å². The third kappa shape index (κ3) is 6.24. The van der Waals surface area contributed by atoms with Crippen molar-refractivity contribution >= 4 is 29.1 Å². The average molecular weight is 444 g/mol. The Hall–Kier alpha value is -3.01. The van der Waals surface area contributed by atoms with Crippen molar-refractivity contribution in [3.05, 3.63) is 69.9 Å². The van der Waals surface area contributed by atoms with E-state index in [0.29, 0.717) is 0 Å². The van der Waals surface area contributed by atoms with Crippen molar-refractivity contribution < 1.29 is 24.6 Å². The van der Waals surface area contributed by atoms with E-state index in [1.165, 1.54) is 17.4 Å². The van der Waals surface area contributed by atoms with E-state index in [1.807, 2.05) is 47.8 Å². The predicted octanol–water partition coefficient (Wildman–Crippen LogP) is 0.0401. The molecule has 4 unspecified atom stereocenters. The summed E-state index contributed by atoms with van der Waals surface area (Å²) in [6, 6.07) is 10.9. The zero-order valence-corrected chi connectivity index (χ0v) is 17.5. The maximum Gasteiger partial charge on any atom is 0.247 e. The van der Waals surface area contributed by atoms with E-state index < -0.39 is 36.1 Å². The van der Waals surface area contributed by atoms with Crippen LogP contribution >= 0.6 is 11.3 Å². The molecule has 1 aliphatic rings. The number of rotatable bonds is 8. The Morgan fingerprint density at radius 1 is 1.13 bits per heavy atom. The van der Waals surface area contributed by atoms with E-state index in [2.05, 4.69) is 10.6 Å². The van der Waals surface area contributed by atoms with Crippen LogP contribution in [-0.2, 0) is 27.2 Å². The first-order valence-electron chi connectivity index (χ1n) is 9.86. The van der Waals surface area contributed by atoms with Gasteiger partial charge in [0.1, 0.15) is 12.1 Å². The van der Waals surface area contributed by atoms with Gasteiger partial charge in [-0.15, -0.1) is 11.3 Å². The molecule has 1 heterocycles. The Balaban J connectivity index is 1.68. The van der Waals surface area contributed by atoms with Gasteiger partial charge in [-0.05, 0) is 17.0 Å². The molecule has 6 N–H and O–H groups in total. The molecular formula is C22H25N3O5S. The van der Waals surface area contributed by atoms with Gasteiger partial charge in [-0.1, -0.05) is 42.5 Å². The summed E-state index contributed by atoms with van der Waals surface area (Å²) in [6.45, 7) is 0. The van der Waals surface area contributed by atoms with Crippen LogP contribution in [-0.4, -0.2) is 52.2 Å². The fourth-order valence-electron chi connectivity index (χ4n) is 3.40. The summed E-state index contributed by atoms with van der Waals surface area (Å²) in [5, 5.41) is 27.6. The number of nitrogens with one attached hydrogen (secondary N) is 2. The number of aliphatic hydroxyl groups is 2. The van der Waals surface area contributed by atoms with Crippen LogP contribution in [0.4, 0.5) is 0 Å². The number of thiophene rings is 1. The van der Waals surface area contributed by atoms with E-state index in [0.717, 1.165) is 10.4 Å². The summed E-state index contributed by atoms with van der Waals surface area (Å²) >= 11 is 1.43. The molecule has 0 radical (unpaired) electrons. The van der Waals surface area contributed by atoms with E-state index >= 15 is 0 Å². The minimum atomic E-state index is -1.25. The monoisotopic (exact) mass is 443 g/mol. The summed E-state index contributed by atoms with van der Waals surface area (Å²) in [5.74, 6) is -1.60. The van der Waals surface area contributed by atoms with Crippen molar-refractivity contribution in [3.63, 3.8) is 0 Å². The quantitative estimate of drug-likeness (QED) is 0.392. The molecule has 1 aromatic carbocycles. The molecule has 31 heavy (non-hydrogen) atoms. The van der Waals surface area contributed by atoms with Crippen LogP contribution in [0.25, 0.3) is 0 Å². The van der Waals surface area contributed by atoms with E-state index in [9.17, 15) is 24.6 Å². The lowest BCUT2D eigenvalue weighted by Crippen LogP contribution is -2.52. The van der Waals surface area contributed by atoms with Crippen molar-refractivity contribution in [3.8, 4) is 0 Å². The van der Waals surface area contributed by atoms with Gasteiger partial charge in [0.2, 0.25) is 17.7 Å². The second-order valence-electron chi connectivity index (χ2n) is 7.42. The minimum Gasteiger partial charge on any atom is -0.390 e. The predicted molar refractivity (Wildman–Crippen MR) is 116 cm³/mol. The molecule has 3 rings (SSSR count). The zero-order chi connectivity index (χ0) is 22.4. The SMILES string of the molecule is NC(=O)C(Cc1ccccc1)NC(=O)C1=CC(NC(=O)Cc2cccs2)C(O)C(O)C1. The Morgan fingerprint density at radius 3 is 2.52 bits per heavy atom. The topological polar surface area (TPSA) is 142 Å². The van der Waals surface area contributed by atoms with Crippen molar-refractivity contribution in [1.29, 1.82) is 0 Å². The van der Waals surface area contributed by atoms with E-state index in [4.69, 9.17) is 5.73 Å². The summed E-state index contributed by atoms with van der Waals surface area (Å²) in [6.07, 6.45) is -0.825. The Bertz CT molecular complexity index is 945. The van der Waals surface area contributed by atoms with Crippen molar-refractivity contribution in [2.24, 2.45) is 5.73 Å². The number of aliphatic hydroxyl groups excluding tert-OH is 2. The van der Waals surface area contributed by atoms with Gasteiger partial charge < -0.3 is 26.6 Å². The van der Waals surface area contributed by atoms with E-state index in [-0.39, 0.29) is 30.7 Å². The van der Waals surface area contributed by atoms with E-state index in [1.54, 1.807) is 0 Å². The summed E-state index contributed by atoms with van der Waals surface area (Å²) in [4.78, 5) is 37.7. The smallest absolute Gasteiger partial charge is 0.247 e. The summed E-state index contributed by atoms with van der Waals surface area (Å²) in [5.41, 5.74) is 6.45. The van der Waals surface area contributed by atoms with Gasteiger partial charge in [-0.3, -0.25) is 14.4 Å². The molecule has 1 aliphatic carbocycles. The number of carbonyl (C=O) groups excluding carboxylic acids is 3. The van der Waals surface area contributed by atoms with Gasteiger partial charge in [-0.2, -0.15) is 0 Å². The highest BCUT2D eigenvalue weighted by Gasteiger charge is 2.34. The third-order valence-electron chi connectivity index (χ3n) is 5.04. The van der Waals surface area contributed by atoms with Crippen molar-refractivity contribution in [1.82, 2.24) is 10.6 Å². The Morgan fingerprint density at radius 2 is 1.87 bits per heavy atom. The molecule has 4 atom stereocenters. The van der Waals surface area contributed by atoms with Crippen LogP contribution in [0.1, 0.15) is 16.9 Å². The molecule has 0 saturated carbocycles. The maximum atomic E-state index is 12.8. The summed E-state index contributed by atoms with van der Waals surface area (Å²) < 4.78 is 0. The number of nitrogens with two attached hydrogens (primary N) is 1. The highest BCUT2D eigenvalue weighted by atomic mass is 32.1. The number of amides is 3. The highest BCUT2D eigenvalue weighted by Crippen LogP contribution is 2.21. The summed E-state index contributed by atoms with van der Waals surface area (Å²) in [7, 11) is 0. The van der Waals surface area contributed by atoms with Crippen molar-refractivity contribution in [2.45, 2.75) is 43.6 Å². The first kappa shape index (κ1) is 22.7. The normalized spacial score (nSPS) is 21.6. The first-order chi connectivity index (χ1) is 14.8. The molecule has 0 fully saturated rings. The van der Waals surface area contributed by atoms with Gasteiger partial charge >= 0.3 is 0 Å². The Labute approximate surface area is 183 Å². The standard InChI is InChI=1S/C22H25N3O5S/c23-21(29)17(9-13-5-2-1-3-6-13)25-22(30)14-10-16(20(28)18(26)11-14)24-19(27)12-15-7-4-8-31-15/h1-8,10,16-18,20,26,28H,9,11-12H2,(H2,23,29)(H,24,27)(H,25,30). The lowest BCUT2D eigenvalue weighted by Gasteiger charge is -2.31. The second-order valence-corrected chi connectivity index (χ2v) is 8.45. The third-order valence-corrected chi connectivity index (χ3v) is 5.91. The molecule has 164 valence electrons. The number of hydrogen-bond acceptors (Lipinski definition) is 6. The molecule has 0 spiro atoms. The molecule has 3 amide bonds. The van der Waals surface area contributed by atoms with Crippen LogP contribution in [0.5, 0.6) is 0 Å². The van der Waals surface area contributed by atoms with Crippen LogP contribution in [0.2, 0.25) is 0 Å². The van der Waals surface area contributed by atoms with Crippen LogP contribution in [0.3, 0.4) is 0 Å². The Kier molecular flexibility index (Phi) is 7.56. The maximum absolute atomic E-state index is 12.8. The van der Waals surface area contributed by atoms with Gasteiger partial charge in [-0.25, -0.2) is 0 Å². The fraction of sp³-hybridized carbons (Fsp3) is 0.318. The van der Waals surface area contributed by atoms with Crippen molar-refractivity contribution in [2.75, 3.05) is 0 Å². The fourth-order valence-corrected chi connectivity index (χ4v) is 4.10. The van der Waals surface area contributed by atoms with Gasteiger partial charge in [0.15, 0.2) is 0 Å². The number of carbonyl (C=O) groups is 3. The van der Waals surface area contributed by atoms with Gasteiger partial charge in [0, 0.05) is 23.3 Å². The molecule has 0 bridgehead atoms. The second kappa shape index (κ2) is 10.3. The number of benzene rings is 1. The minimum absolute atomic E-state index is 0.110. The number of primary amides is 1. The van der Waals surface area contributed by atoms with Crippen LogP contribution in [0, 0.1) is 0 Å². The average Bonchev–Trinajstić information content (AvgIpc) is 3.24. The number of hydrogen-bond donors (Lipinski definition) is 5. The van der Waals surface area contributed by atoms with Crippen LogP contribution in [0.15, 0.2) is 59.5 Å². The molecular weight excluding hydrogens is 418 g/mol. The molecule has 1 aromatic heterocycles. The largest absolute Gasteiger partial charge is 0.390 e. The van der Waals surface area contributed by atoms with Gasteiger partial charge in [0.05, 0.1) is 18.6 Å². The highest BCUT2D eigenvalue weighted by molar-refractivity contribution is 7.10. The molecule has 2 aromatic rings. The first-order valence-corrected chi connectivity index (χ1v) is 10.7. The molecule has 0 aliphatic heterocycles. The lowest BCUT2D eigenvalue weighted by molar-refractivity contribution is -0.126. The molecule has 0 saturated heterocycles. The lowest BCUT2D eigenvalue weighted by atomic mass is 9.89. The molecule has 8 nitrogen and oxygen atoms in total.